The van der Waals surface area contributed by atoms with Gasteiger partial charge in [0.25, 0.3) is 0 Å². The van der Waals surface area contributed by atoms with Crippen molar-refractivity contribution in [3.63, 3.8) is 0 Å². The van der Waals surface area contributed by atoms with Crippen molar-refractivity contribution in [2.45, 2.75) is 0 Å². The summed E-state index contributed by atoms with van der Waals surface area (Å²) in [5.74, 6) is 1.41. The summed E-state index contributed by atoms with van der Waals surface area (Å²) >= 11 is 0. The van der Waals surface area contributed by atoms with Gasteiger partial charge in [0.15, 0.2) is 11.6 Å². The highest BCUT2D eigenvalue weighted by Gasteiger charge is 2.21. The first-order valence-corrected chi connectivity index (χ1v) is 38.0. The van der Waals surface area contributed by atoms with Gasteiger partial charge in [0.05, 0.1) is 66.9 Å². The van der Waals surface area contributed by atoms with E-state index in [1.165, 1.54) is 87.2 Å². The van der Waals surface area contributed by atoms with Crippen molar-refractivity contribution in [1.82, 2.24) is 38.2 Å². The molecule has 0 aliphatic heterocycles. The number of hydrogen-bond acceptors (Lipinski definition) is 4. The van der Waals surface area contributed by atoms with E-state index in [1.807, 2.05) is 72.8 Å². The van der Waals surface area contributed by atoms with Crippen LogP contribution in [0.4, 0.5) is 0 Å². The highest BCUT2D eigenvalue weighted by Crippen LogP contribution is 2.42. The molecule has 0 atom stereocenters. The second-order valence-corrected chi connectivity index (χ2v) is 28.5. The summed E-state index contributed by atoms with van der Waals surface area (Å²) in [6.07, 6.45) is 0. The van der Waals surface area contributed by atoms with Gasteiger partial charge in [-0.15, -0.1) is 0 Å². The van der Waals surface area contributed by atoms with Gasteiger partial charge in [0, 0.05) is 99.2 Å². The number of fused-ring (bicyclic) bond motifs is 12. The Hall–Kier alpha value is -15.1. The normalized spacial score (nSPS) is 11.6. The Bertz CT molecular complexity index is 7100. The molecule has 524 valence electrons. The first kappa shape index (κ1) is 65.2. The number of aromatic nitrogens is 8. The third-order valence-electron chi connectivity index (χ3n) is 21.9. The van der Waals surface area contributed by atoms with Gasteiger partial charge in [-0.05, 0) is 138 Å². The maximum Gasteiger partial charge on any atom is 0.160 e. The maximum atomic E-state index is 5.05. The molecule has 0 aliphatic rings. The molecular weight excluding hydrogens is 1360 g/mol. The lowest BCUT2D eigenvalue weighted by Gasteiger charge is -2.13. The van der Waals surface area contributed by atoms with E-state index >= 15 is 0 Å². The van der Waals surface area contributed by atoms with Crippen LogP contribution in [0.3, 0.4) is 0 Å². The van der Waals surface area contributed by atoms with E-state index in [9.17, 15) is 0 Å². The monoisotopic (exact) mass is 1430 g/mol. The highest BCUT2D eigenvalue weighted by molar-refractivity contribution is 6.13. The molecule has 0 saturated carbocycles. The summed E-state index contributed by atoms with van der Waals surface area (Å²) in [7, 11) is 0. The maximum absolute atomic E-state index is 5.05. The van der Waals surface area contributed by atoms with Crippen LogP contribution in [0.15, 0.2) is 413 Å². The Morgan fingerprint density at radius 3 is 0.661 bits per heavy atom. The molecule has 0 saturated heterocycles. The Labute approximate surface area is 646 Å². The van der Waals surface area contributed by atoms with Gasteiger partial charge in [0.2, 0.25) is 0 Å². The predicted molar refractivity (Wildman–Crippen MR) is 465 cm³/mol. The Kier molecular flexibility index (Phi) is 16.1. The fraction of sp³-hybridized carbons (Fsp3) is 0. The molecular formula is C104H68N8. The Morgan fingerprint density at radius 2 is 0.366 bits per heavy atom. The lowest BCUT2D eigenvalue weighted by atomic mass is 10.0. The van der Waals surface area contributed by atoms with E-state index in [-0.39, 0.29) is 0 Å². The number of rotatable bonds is 12. The van der Waals surface area contributed by atoms with E-state index in [0.717, 1.165) is 101 Å². The molecule has 0 fully saturated rings. The fourth-order valence-corrected chi connectivity index (χ4v) is 16.6. The number of benzene rings is 16. The number of para-hydroxylation sites is 6. The third-order valence-corrected chi connectivity index (χ3v) is 21.9. The minimum Gasteiger partial charge on any atom is -0.309 e. The molecule has 0 radical (unpaired) electrons. The molecule has 0 spiro atoms. The zero-order chi connectivity index (χ0) is 74.0. The van der Waals surface area contributed by atoms with Gasteiger partial charge in [-0.2, -0.15) is 0 Å². The predicted octanol–water partition coefficient (Wildman–Crippen LogP) is 26.7. The molecule has 0 bridgehead atoms. The molecule has 112 heavy (non-hydrogen) atoms. The van der Waals surface area contributed by atoms with Crippen LogP contribution >= 0.6 is 0 Å². The second kappa shape index (κ2) is 27.6. The lowest BCUT2D eigenvalue weighted by Crippen LogP contribution is -1.98. The highest BCUT2D eigenvalue weighted by atomic mass is 15.0. The van der Waals surface area contributed by atoms with Crippen molar-refractivity contribution in [1.29, 1.82) is 0 Å². The summed E-state index contributed by atoms with van der Waals surface area (Å²) < 4.78 is 9.53. The summed E-state index contributed by atoms with van der Waals surface area (Å²) in [5.41, 5.74) is 28.5. The largest absolute Gasteiger partial charge is 0.309 e. The van der Waals surface area contributed by atoms with Crippen molar-refractivity contribution >= 4 is 87.2 Å². The summed E-state index contributed by atoms with van der Waals surface area (Å²) in [6.45, 7) is 0. The van der Waals surface area contributed by atoms with Gasteiger partial charge < -0.3 is 18.3 Å². The Balaban J connectivity index is 0.000000141. The lowest BCUT2D eigenvalue weighted by molar-refractivity contribution is 1.13. The van der Waals surface area contributed by atoms with Crippen molar-refractivity contribution in [3.05, 3.63) is 413 Å². The molecule has 6 aromatic heterocycles. The van der Waals surface area contributed by atoms with Gasteiger partial charge >= 0.3 is 0 Å². The van der Waals surface area contributed by atoms with Crippen LogP contribution in [0, 0.1) is 0 Å². The minimum absolute atomic E-state index is 0.707. The smallest absolute Gasteiger partial charge is 0.160 e. The molecule has 8 nitrogen and oxygen atoms in total. The van der Waals surface area contributed by atoms with Crippen LogP contribution < -0.4 is 0 Å². The van der Waals surface area contributed by atoms with E-state index in [4.69, 9.17) is 19.9 Å². The number of nitrogens with zero attached hydrogens (tertiary/aromatic N) is 8. The topological polar surface area (TPSA) is 71.3 Å². The van der Waals surface area contributed by atoms with Crippen LogP contribution in [0.25, 0.3) is 200 Å². The molecule has 0 unspecified atom stereocenters. The molecule has 6 heterocycles. The van der Waals surface area contributed by atoms with Gasteiger partial charge in [-0.1, -0.05) is 297 Å². The molecule has 22 rings (SSSR count). The van der Waals surface area contributed by atoms with E-state index in [2.05, 4.69) is 358 Å². The summed E-state index contributed by atoms with van der Waals surface area (Å²) in [4.78, 5) is 20.2. The zero-order valence-electron chi connectivity index (χ0n) is 60.8. The first-order valence-electron chi connectivity index (χ1n) is 38.0. The van der Waals surface area contributed by atoms with Crippen molar-refractivity contribution in [2.24, 2.45) is 0 Å². The molecule has 0 N–H and O–H groups in total. The number of hydrogen-bond donors (Lipinski definition) is 0. The third kappa shape index (κ3) is 11.6. The fourth-order valence-electron chi connectivity index (χ4n) is 16.6. The van der Waals surface area contributed by atoms with E-state index < -0.39 is 0 Å². The van der Waals surface area contributed by atoms with E-state index in [1.54, 1.807) is 0 Å². The van der Waals surface area contributed by atoms with Gasteiger partial charge in [-0.25, -0.2) is 19.9 Å². The molecule has 16 aromatic carbocycles. The standard InChI is InChI=1S/2C52H34N4/c1-3-14-36(15-4-1)46-34-47(37-16-5-2-6-17-37)54-52(53-46)38-28-26-35(27-29-38)39-30-31-51-45(32-39)44-22-9-12-25-50(44)56(51)41-19-13-18-40(33-41)55-48-23-10-7-20-42(48)43-21-8-11-24-49(43)55;1-3-13-36(14-4-1)46-34-47(37-15-5-2-6-16-37)54-52(53-46)38-25-23-35(24-26-38)39-27-32-51-45(33-39)44-19-9-12-22-50(44)56(51)41-30-28-40(29-31-41)55-48-20-10-7-17-42(48)43-18-8-11-21-49(43)55/h2*1-34H. The second-order valence-electron chi connectivity index (χ2n) is 28.5. The van der Waals surface area contributed by atoms with Crippen molar-refractivity contribution in [2.75, 3.05) is 0 Å². The molecule has 8 heteroatoms. The van der Waals surface area contributed by atoms with Crippen LogP contribution in [0.5, 0.6) is 0 Å². The van der Waals surface area contributed by atoms with Crippen LogP contribution in [-0.2, 0) is 0 Å². The minimum atomic E-state index is 0.707. The summed E-state index contributed by atoms with van der Waals surface area (Å²) in [6, 6.07) is 146. The SMILES string of the molecule is c1ccc(-c2cc(-c3ccccc3)nc(-c3ccc(-c4ccc5c(c4)c4ccccc4n5-c4ccc(-n5c6ccccc6c6ccccc65)cc4)cc3)n2)cc1.c1ccc(-c2cc(-c3ccccc3)nc(-c3ccc(-c4ccc5c(c4)c4ccccc4n5-c4cccc(-n5c6ccccc6c6ccccc65)c4)cc3)n2)cc1. The quantitative estimate of drug-likeness (QED) is 0.122. The average Bonchev–Trinajstić information content (AvgIpc) is 1.61. The average molecular weight is 1430 g/mol. The first-order chi connectivity index (χ1) is 55.5. The van der Waals surface area contributed by atoms with Crippen LogP contribution in [-0.4, -0.2) is 38.2 Å². The van der Waals surface area contributed by atoms with Gasteiger partial charge in [0.1, 0.15) is 0 Å². The Morgan fingerprint density at radius 1 is 0.134 bits per heavy atom. The van der Waals surface area contributed by atoms with E-state index in [0.29, 0.717) is 11.6 Å². The zero-order valence-corrected chi connectivity index (χ0v) is 60.8. The molecule has 22 aromatic rings. The van der Waals surface area contributed by atoms with Gasteiger partial charge in [-0.3, -0.25) is 0 Å². The molecule has 0 amide bonds. The van der Waals surface area contributed by atoms with Crippen molar-refractivity contribution < 1.29 is 0 Å². The summed E-state index contributed by atoms with van der Waals surface area (Å²) in [5, 5.41) is 9.95. The van der Waals surface area contributed by atoms with Crippen molar-refractivity contribution in [3.8, 4) is 113 Å². The van der Waals surface area contributed by atoms with Crippen LogP contribution in [0.2, 0.25) is 0 Å². The van der Waals surface area contributed by atoms with Crippen LogP contribution in [0.1, 0.15) is 0 Å². The molecule has 0 aliphatic carbocycles.